The summed E-state index contributed by atoms with van der Waals surface area (Å²) in [7, 11) is 1.74. The van der Waals surface area contributed by atoms with Gasteiger partial charge in [0.05, 0.1) is 51.9 Å². The molecule has 14 heteroatoms. The molecule has 0 fully saturated rings. The van der Waals surface area contributed by atoms with E-state index < -0.39 is 12.1 Å². The van der Waals surface area contributed by atoms with Crippen molar-refractivity contribution in [1.82, 2.24) is 40.4 Å². The fourth-order valence-corrected chi connectivity index (χ4v) is 6.65. The molecule has 3 aromatic heterocycles. The van der Waals surface area contributed by atoms with Crippen molar-refractivity contribution in [2.75, 3.05) is 13.6 Å². The number of nitrogens with zero attached hydrogens (tertiary/aromatic N) is 5. The van der Waals surface area contributed by atoms with Crippen LogP contribution in [-0.2, 0) is 42.1 Å². The summed E-state index contributed by atoms with van der Waals surface area (Å²) in [6.45, 7) is 5.36. The first kappa shape index (κ1) is 33.1. The molecule has 12 nitrogen and oxygen atoms in total. The number of carbonyl (C=O) groups is 3. The van der Waals surface area contributed by atoms with Gasteiger partial charge in [-0.15, -0.1) is 22.7 Å². The van der Waals surface area contributed by atoms with Crippen LogP contribution >= 0.6 is 22.7 Å². The average Bonchev–Trinajstić information content (AvgIpc) is 3.84. The van der Waals surface area contributed by atoms with Crippen molar-refractivity contribution < 1.29 is 19.1 Å². The maximum atomic E-state index is 14.0. The molecule has 5 rings (SSSR count). The summed E-state index contributed by atoms with van der Waals surface area (Å²) in [6, 6.07) is 8.75. The third kappa shape index (κ3) is 8.91. The number of hydrogen-bond acceptors (Lipinski definition) is 9. The van der Waals surface area contributed by atoms with E-state index in [1.807, 2.05) is 35.7 Å². The number of urea groups is 1. The molecule has 1 aliphatic rings. The molecule has 0 saturated carbocycles. The second kappa shape index (κ2) is 15.8. The highest BCUT2D eigenvalue weighted by Gasteiger charge is 2.38. The second-order valence-electron chi connectivity index (χ2n) is 11.7. The fraction of sp³-hybridized carbons (Fsp3) is 0.438. The zero-order chi connectivity index (χ0) is 32.5. The van der Waals surface area contributed by atoms with E-state index in [0.717, 1.165) is 32.5 Å². The Balaban J connectivity index is 1.23. The zero-order valence-corrected chi connectivity index (χ0v) is 27.9. The lowest BCUT2D eigenvalue weighted by Crippen LogP contribution is -2.57. The van der Waals surface area contributed by atoms with Gasteiger partial charge < -0.3 is 30.2 Å². The number of imidazole rings is 1. The highest BCUT2D eigenvalue weighted by molar-refractivity contribution is 7.09. The Kier molecular flexibility index (Phi) is 11.4. The number of hydrogen-bond donors (Lipinski definition) is 3. The van der Waals surface area contributed by atoms with Crippen molar-refractivity contribution in [1.29, 1.82) is 0 Å². The number of nitrogens with one attached hydrogen (secondary N) is 3. The average molecular weight is 665 g/mol. The predicted octanol–water partition coefficient (Wildman–Crippen LogP) is 4.86. The third-order valence-corrected chi connectivity index (χ3v) is 9.68. The molecule has 0 saturated heterocycles. The largest absolute Gasteiger partial charge is 0.444 e. The van der Waals surface area contributed by atoms with Gasteiger partial charge in [0.2, 0.25) is 5.91 Å². The van der Waals surface area contributed by atoms with Crippen LogP contribution in [0.15, 0.2) is 53.7 Å². The molecule has 4 aromatic rings. The lowest BCUT2D eigenvalue weighted by atomic mass is 9.98. The minimum atomic E-state index is -0.731. The van der Waals surface area contributed by atoms with E-state index in [0.29, 0.717) is 44.7 Å². The van der Waals surface area contributed by atoms with Crippen molar-refractivity contribution in [3.05, 3.63) is 86.3 Å². The van der Waals surface area contributed by atoms with Gasteiger partial charge in [-0.05, 0) is 24.8 Å². The van der Waals surface area contributed by atoms with Crippen LogP contribution in [0.5, 0.6) is 0 Å². The molecule has 3 N–H and O–H groups in total. The molecule has 0 spiro atoms. The van der Waals surface area contributed by atoms with Gasteiger partial charge in [-0.2, -0.15) is 0 Å². The predicted molar refractivity (Wildman–Crippen MR) is 176 cm³/mol. The van der Waals surface area contributed by atoms with Crippen LogP contribution in [0.1, 0.15) is 65.1 Å². The standard InChI is InChI=1S/C32H40N8O4S2/c1-21(2)30-38-24(18-45-30)15-39(3)32(43)40-16-27-26(35-19-36-27)13-28(40)29(41)37-23(12-22-8-5-4-6-9-22)10-7-11-34-31(42)44-17-25-14-33-20-46-25/h4-6,8-9,14,18-21,23,28H,7,10-13,15-17H2,1-3H3,(H,34,42)(H,35,36)(H,37,41)/t23-,28+/m1/s1. The van der Waals surface area contributed by atoms with Gasteiger partial charge in [0.1, 0.15) is 12.6 Å². The Morgan fingerprint density at radius 3 is 2.76 bits per heavy atom. The Bertz CT molecular complexity index is 1570. The summed E-state index contributed by atoms with van der Waals surface area (Å²) >= 11 is 3.02. The van der Waals surface area contributed by atoms with Gasteiger partial charge in [-0.1, -0.05) is 44.2 Å². The van der Waals surface area contributed by atoms with Gasteiger partial charge in [0, 0.05) is 43.5 Å². The van der Waals surface area contributed by atoms with Crippen molar-refractivity contribution in [2.45, 2.75) is 77.2 Å². The molecule has 4 heterocycles. The van der Waals surface area contributed by atoms with Gasteiger partial charge in [0.25, 0.3) is 0 Å². The van der Waals surface area contributed by atoms with Crippen molar-refractivity contribution in [3.8, 4) is 0 Å². The summed E-state index contributed by atoms with van der Waals surface area (Å²) in [5, 5.41) is 9.03. The van der Waals surface area contributed by atoms with E-state index in [4.69, 9.17) is 4.74 Å². The maximum Gasteiger partial charge on any atom is 0.407 e. The normalized spacial score (nSPS) is 14.9. The lowest BCUT2D eigenvalue weighted by Gasteiger charge is -2.37. The smallest absolute Gasteiger partial charge is 0.407 e. The monoisotopic (exact) mass is 664 g/mol. The number of ether oxygens (including phenoxy) is 1. The van der Waals surface area contributed by atoms with E-state index in [1.54, 1.807) is 46.2 Å². The number of thiazole rings is 2. The summed E-state index contributed by atoms with van der Waals surface area (Å²) in [6.07, 6.45) is 4.94. The molecule has 0 unspecified atom stereocenters. The van der Waals surface area contributed by atoms with Crippen LogP contribution in [-0.4, -0.2) is 73.4 Å². The summed E-state index contributed by atoms with van der Waals surface area (Å²) in [4.78, 5) is 60.3. The zero-order valence-electron chi connectivity index (χ0n) is 26.3. The van der Waals surface area contributed by atoms with Crippen molar-refractivity contribution in [2.24, 2.45) is 0 Å². The first-order valence-electron chi connectivity index (χ1n) is 15.4. The number of H-pyrrole nitrogens is 1. The van der Waals surface area contributed by atoms with Crippen LogP contribution in [0.3, 0.4) is 0 Å². The fourth-order valence-electron chi connectivity index (χ4n) is 5.32. The first-order chi connectivity index (χ1) is 22.3. The van der Waals surface area contributed by atoms with Crippen LogP contribution < -0.4 is 10.6 Å². The van der Waals surface area contributed by atoms with Crippen molar-refractivity contribution >= 4 is 40.7 Å². The molecule has 244 valence electrons. The van der Waals surface area contributed by atoms with Crippen LogP contribution in [0, 0.1) is 0 Å². The molecule has 0 bridgehead atoms. The quantitative estimate of drug-likeness (QED) is 0.173. The topological polar surface area (TPSA) is 145 Å². The molecule has 0 aliphatic carbocycles. The summed E-state index contributed by atoms with van der Waals surface area (Å²) < 4.78 is 5.25. The molecule has 1 aromatic carbocycles. The maximum absolute atomic E-state index is 14.0. The highest BCUT2D eigenvalue weighted by atomic mass is 32.1. The molecule has 2 atom stereocenters. The molecular weight excluding hydrogens is 625 g/mol. The lowest BCUT2D eigenvalue weighted by molar-refractivity contribution is -0.127. The number of amides is 4. The Hall–Kier alpha value is -4.30. The van der Waals surface area contributed by atoms with Crippen LogP contribution in [0.2, 0.25) is 0 Å². The number of alkyl carbamates (subject to hydrolysis) is 1. The number of benzene rings is 1. The van der Waals surface area contributed by atoms with E-state index in [1.165, 1.54) is 11.3 Å². The number of fused-ring (bicyclic) bond motifs is 1. The Labute approximate surface area is 276 Å². The second-order valence-corrected chi connectivity index (χ2v) is 13.5. The Morgan fingerprint density at radius 1 is 1.20 bits per heavy atom. The molecule has 46 heavy (non-hydrogen) atoms. The third-order valence-electron chi connectivity index (χ3n) is 7.74. The Morgan fingerprint density at radius 2 is 2.02 bits per heavy atom. The van der Waals surface area contributed by atoms with Gasteiger partial charge >= 0.3 is 12.1 Å². The molecule has 0 radical (unpaired) electrons. The van der Waals surface area contributed by atoms with Gasteiger partial charge in [0.15, 0.2) is 0 Å². The number of aromatic nitrogens is 4. The highest BCUT2D eigenvalue weighted by Crippen LogP contribution is 2.24. The minimum Gasteiger partial charge on any atom is -0.444 e. The first-order valence-corrected chi connectivity index (χ1v) is 17.1. The number of rotatable bonds is 13. The van der Waals surface area contributed by atoms with E-state index in [2.05, 4.69) is 44.4 Å². The minimum absolute atomic E-state index is 0.176. The van der Waals surface area contributed by atoms with E-state index in [9.17, 15) is 14.4 Å². The van der Waals surface area contributed by atoms with Gasteiger partial charge in [-0.25, -0.2) is 19.6 Å². The molecular formula is C32H40N8O4S2. The summed E-state index contributed by atoms with van der Waals surface area (Å²) in [5.74, 6) is 0.0837. The molecule has 4 amide bonds. The summed E-state index contributed by atoms with van der Waals surface area (Å²) in [5.41, 5.74) is 5.22. The van der Waals surface area contributed by atoms with E-state index in [-0.39, 0.29) is 31.1 Å². The van der Waals surface area contributed by atoms with Crippen LogP contribution in [0.4, 0.5) is 9.59 Å². The van der Waals surface area contributed by atoms with Crippen molar-refractivity contribution in [3.63, 3.8) is 0 Å². The van der Waals surface area contributed by atoms with E-state index >= 15 is 0 Å². The number of carbonyl (C=O) groups excluding carboxylic acids is 3. The van der Waals surface area contributed by atoms with Gasteiger partial charge in [-0.3, -0.25) is 9.78 Å². The SMILES string of the molecule is CC(C)c1nc(CN(C)C(=O)N2Cc3[nH]cnc3C[C@H]2C(=O)N[C@H](CCCNC(=O)OCc2cncs2)Cc2ccccc2)cs1. The number of aromatic amines is 1. The molecule has 1 aliphatic heterocycles. The van der Waals surface area contributed by atoms with Crippen LogP contribution in [0.25, 0.3) is 0 Å².